The van der Waals surface area contributed by atoms with Crippen molar-refractivity contribution in [2.75, 3.05) is 12.4 Å². The van der Waals surface area contributed by atoms with Crippen LogP contribution in [0.25, 0.3) is 0 Å². The first-order chi connectivity index (χ1) is 11.2. The maximum Gasteiger partial charge on any atom is 0.355 e. The van der Waals surface area contributed by atoms with Gasteiger partial charge in [-0.2, -0.15) is 0 Å². The van der Waals surface area contributed by atoms with Crippen molar-refractivity contribution >= 4 is 36.1 Å². The minimum Gasteiger partial charge on any atom is -0.461 e. The number of β-lactam (4-membered cyclic amide) rings is 1. The predicted octanol–water partition coefficient (Wildman–Crippen LogP) is 0.602. The highest BCUT2D eigenvalue weighted by molar-refractivity contribution is 8.00. The predicted molar refractivity (Wildman–Crippen MR) is 83.5 cm³/mol. The highest BCUT2D eigenvalue weighted by Gasteiger charge is 2.55. The van der Waals surface area contributed by atoms with Crippen molar-refractivity contribution in [3.05, 3.63) is 11.3 Å². The smallest absolute Gasteiger partial charge is 0.355 e. The van der Waals surface area contributed by atoms with Crippen LogP contribution in [0.15, 0.2) is 11.3 Å². The number of nitrogens with zero attached hydrogens (tertiary/aromatic N) is 1. The standard InChI is InChI=1S/C15H19NO7S/c1-8(18)21-5-9-6-24-13-11(22-7-17)12(19)16(13)10(9)14(20)23-15(2,3)4/h7,11,13H,5-6H2,1-4H3/t11-,13?/m1/s1. The van der Waals surface area contributed by atoms with Crippen LogP contribution in [0.4, 0.5) is 0 Å². The van der Waals surface area contributed by atoms with Gasteiger partial charge in [-0.1, -0.05) is 0 Å². The Hall–Kier alpha value is -2.03. The second-order valence-corrected chi connectivity index (χ2v) is 7.40. The van der Waals surface area contributed by atoms with Crippen molar-refractivity contribution in [1.29, 1.82) is 0 Å². The highest BCUT2D eigenvalue weighted by atomic mass is 32.2. The second kappa shape index (κ2) is 6.84. The molecule has 0 aromatic rings. The number of amides is 1. The summed E-state index contributed by atoms with van der Waals surface area (Å²) in [5, 5.41) is -0.480. The van der Waals surface area contributed by atoms with Gasteiger partial charge in [-0.15, -0.1) is 11.8 Å². The Morgan fingerprint density at radius 1 is 1.38 bits per heavy atom. The number of carbonyl (C=O) groups excluding carboxylic acids is 4. The quantitative estimate of drug-likeness (QED) is 0.305. The Balaban J connectivity index is 2.30. The molecule has 0 spiro atoms. The minimum absolute atomic E-state index is 0.0608. The Morgan fingerprint density at radius 2 is 2.04 bits per heavy atom. The number of esters is 2. The number of hydrogen-bond acceptors (Lipinski definition) is 8. The first kappa shape index (κ1) is 18.3. The van der Waals surface area contributed by atoms with Crippen molar-refractivity contribution in [3.8, 4) is 0 Å². The lowest BCUT2D eigenvalue weighted by atomic mass is 10.0. The van der Waals surface area contributed by atoms with E-state index in [9.17, 15) is 19.2 Å². The van der Waals surface area contributed by atoms with Gasteiger partial charge in [0.1, 0.15) is 23.3 Å². The molecule has 2 aliphatic heterocycles. The zero-order chi connectivity index (χ0) is 18.1. The van der Waals surface area contributed by atoms with Crippen LogP contribution in [-0.4, -0.2) is 58.7 Å². The van der Waals surface area contributed by atoms with Crippen molar-refractivity contribution < 1.29 is 33.4 Å². The molecule has 0 aromatic heterocycles. The molecule has 1 amide bonds. The van der Waals surface area contributed by atoms with Crippen LogP contribution < -0.4 is 0 Å². The molecule has 0 bridgehead atoms. The fourth-order valence-electron chi connectivity index (χ4n) is 2.31. The molecule has 1 unspecified atom stereocenters. The molecule has 1 fully saturated rings. The SMILES string of the molecule is CC(=O)OCC1=C(C(=O)OC(C)(C)C)N2C(=O)[C@@H](OC=O)C2SC1. The van der Waals surface area contributed by atoms with Gasteiger partial charge in [0.15, 0.2) is 0 Å². The number of carbonyl (C=O) groups is 4. The first-order valence-corrected chi connectivity index (χ1v) is 8.33. The molecular formula is C15H19NO7S. The molecule has 1 saturated heterocycles. The van der Waals surface area contributed by atoms with E-state index in [0.29, 0.717) is 11.3 Å². The molecule has 9 heteroatoms. The zero-order valence-electron chi connectivity index (χ0n) is 13.9. The molecule has 0 saturated carbocycles. The summed E-state index contributed by atoms with van der Waals surface area (Å²) in [6.07, 6.45) is -0.916. The lowest BCUT2D eigenvalue weighted by molar-refractivity contribution is -0.171. The van der Waals surface area contributed by atoms with Crippen LogP contribution in [-0.2, 0) is 33.4 Å². The molecule has 2 atom stereocenters. The summed E-state index contributed by atoms with van der Waals surface area (Å²) in [5.41, 5.74) is -0.201. The maximum atomic E-state index is 12.5. The number of ether oxygens (including phenoxy) is 3. The molecule has 132 valence electrons. The van der Waals surface area contributed by atoms with Crippen LogP contribution in [0, 0.1) is 0 Å². The third-order valence-electron chi connectivity index (χ3n) is 3.24. The largest absolute Gasteiger partial charge is 0.461 e. The number of fused-ring (bicyclic) bond motifs is 1. The van der Waals surface area contributed by atoms with Gasteiger partial charge in [0, 0.05) is 18.2 Å². The van der Waals surface area contributed by atoms with Gasteiger partial charge < -0.3 is 14.2 Å². The summed E-state index contributed by atoms with van der Waals surface area (Å²) < 4.78 is 15.1. The highest BCUT2D eigenvalue weighted by Crippen LogP contribution is 2.42. The Morgan fingerprint density at radius 3 is 2.58 bits per heavy atom. The van der Waals surface area contributed by atoms with E-state index in [2.05, 4.69) is 0 Å². The topological polar surface area (TPSA) is 99.2 Å². The monoisotopic (exact) mass is 357 g/mol. The average molecular weight is 357 g/mol. The van der Waals surface area contributed by atoms with Crippen molar-refractivity contribution in [1.82, 2.24) is 4.90 Å². The van der Waals surface area contributed by atoms with Gasteiger partial charge >= 0.3 is 11.9 Å². The molecule has 8 nitrogen and oxygen atoms in total. The maximum absolute atomic E-state index is 12.5. The third kappa shape index (κ3) is 3.72. The third-order valence-corrected chi connectivity index (χ3v) is 4.56. The molecule has 24 heavy (non-hydrogen) atoms. The van der Waals surface area contributed by atoms with E-state index in [0.717, 1.165) is 0 Å². The van der Waals surface area contributed by atoms with Gasteiger partial charge in [0.05, 0.1) is 0 Å². The summed E-state index contributed by atoms with van der Waals surface area (Å²) in [5.74, 6) is -1.31. The summed E-state index contributed by atoms with van der Waals surface area (Å²) in [6.45, 7) is 6.50. The van der Waals surface area contributed by atoms with Gasteiger partial charge in [-0.3, -0.25) is 19.3 Å². The first-order valence-electron chi connectivity index (χ1n) is 7.28. The second-order valence-electron chi connectivity index (χ2n) is 6.30. The van der Waals surface area contributed by atoms with E-state index in [1.165, 1.54) is 23.6 Å². The van der Waals surface area contributed by atoms with Gasteiger partial charge in [0.25, 0.3) is 12.4 Å². The van der Waals surface area contributed by atoms with Gasteiger partial charge in [-0.25, -0.2) is 4.79 Å². The van der Waals surface area contributed by atoms with Crippen molar-refractivity contribution in [2.24, 2.45) is 0 Å². The minimum atomic E-state index is -0.916. The summed E-state index contributed by atoms with van der Waals surface area (Å²) in [7, 11) is 0. The molecule has 0 aromatic carbocycles. The zero-order valence-corrected chi connectivity index (χ0v) is 14.7. The van der Waals surface area contributed by atoms with Crippen molar-refractivity contribution in [2.45, 2.75) is 44.8 Å². The number of thioether (sulfide) groups is 1. The van der Waals surface area contributed by atoms with Crippen LogP contribution >= 0.6 is 11.8 Å². The summed E-state index contributed by atoms with van der Waals surface area (Å²) in [4.78, 5) is 47.6. The van der Waals surface area contributed by atoms with Gasteiger partial charge in [0.2, 0.25) is 6.10 Å². The normalized spacial score (nSPS) is 23.2. The molecule has 2 aliphatic rings. The lowest BCUT2D eigenvalue weighted by Gasteiger charge is -2.48. The lowest BCUT2D eigenvalue weighted by Crippen LogP contribution is -2.66. The van der Waals surface area contributed by atoms with E-state index in [4.69, 9.17) is 14.2 Å². The average Bonchev–Trinajstić information content (AvgIpc) is 2.47. The van der Waals surface area contributed by atoms with Gasteiger partial charge in [-0.05, 0) is 20.8 Å². The van der Waals surface area contributed by atoms with E-state index >= 15 is 0 Å². The molecular weight excluding hydrogens is 338 g/mol. The van der Waals surface area contributed by atoms with Crippen LogP contribution in [0.3, 0.4) is 0 Å². The van der Waals surface area contributed by atoms with E-state index in [1.807, 2.05) is 0 Å². The van der Waals surface area contributed by atoms with Crippen LogP contribution in [0.5, 0.6) is 0 Å². The Kier molecular flexibility index (Phi) is 5.22. The van der Waals surface area contributed by atoms with E-state index in [-0.39, 0.29) is 18.8 Å². The van der Waals surface area contributed by atoms with Crippen LogP contribution in [0.1, 0.15) is 27.7 Å². The van der Waals surface area contributed by atoms with Crippen molar-refractivity contribution in [3.63, 3.8) is 0 Å². The fraction of sp³-hybridized carbons (Fsp3) is 0.600. The number of hydrogen-bond donors (Lipinski definition) is 0. The van der Waals surface area contributed by atoms with E-state index < -0.39 is 34.9 Å². The summed E-state index contributed by atoms with van der Waals surface area (Å²) in [6, 6.07) is 0. The fourth-order valence-corrected chi connectivity index (χ4v) is 3.62. The molecule has 2 heterocycles. The number of rotatable bonds is 5. The molecule has 2 rings (SSSR count). The Bertz CT molecular complexity index is 607. The molecule has 0 aliphatic carbocycles. The van der Waals surface area contributed by atoms with E-state index in [1.54, 1.807) is 20.8 Å². The van der Waals surface area contributed by atoms with Crippen LogP contribution in [0.2, 0.25) is 0 Å². The molecule has 0 N–H and O–H groups in total. The Labute approximate surface area is 143 Å². The molecule has 0 radical (unpaired) electrons. The summed E-state index contributed by atoms with van der Waals surface area (Å²) >= 11 is 1.33.